The van der Waals surface area contributed by atoms with Crippen LogP contribution in [0.2, 0.25) is 0 Å². The Balaban J connectivity index is 1.21. The minimum Gasteiger partial charge on any atom is -0.310 e. The molecule has 3 nitrogen and oxygen atoms in total. The Labute approximate surface area is 319 Å². The molecule has 10 aromatic rings. The zero-order valence-corrected chi connectivity index (χ0v) is 29.9. The first kappa shape index (κ1) is 30.3. The van der Waals surface area contributed by atoms with Crippen LogP contribution in [-0.4, -0.2) is 9.55 Å². The van der Waals surface area contributed by atoms with E-state index in [0.29, 0.717) is 0 Å². The molecule has 0 atom stereocenters. The van der Waals surface area contributed by atoms with Gasteiger partial charge in [-0.05, 0) is 99.1 Å². The first-order valence-electron chi connectivity index (χ1n) is 19.0. The van der Waals surface area contributed by atoms with Crippen molar-refractivity contribution in [2.24, 2.45) is 0 Å². The molecule has 3 heteroatoms. The van der Waals surface area contributed by atoms with Gasteiger partial charge in [0, 0.05) is 21.8 Å². The lowest BCUT2D eigenvalue weighted by molar-refractivity contribution is 0.753. The molecule has 0 amide bonds. The monoisotopic (exact) mass is 699 g/mol. The summed E-state index contributed by atoms with van der Waals surface area (Å²) in [5.74, 6) is 0.910. The fourth-order valence-electron chi connectivity index (χ4n) is 9.80. The van der Waals surface area contributed by atoms with Crippen LogP contribution in [0.5, 0.6) is 0 Å². The summed E-state index contributed by atoms with van der Waals surface area (Å²) < 4.78 is 2.40. The van der Waals surface area contributed by atoms with E-state index in [9.17, 15) is 0 Å². The van der Waals surface area contributed by atoms with E-state index in [1.807, 2.05) is 0 Å². The van der Waals surface area contributed by atoms with Gasteiger partial charge in [-0.1, -0.05) is 146 Å². The predicted octanol–water partition coefficient (Wildman–Crippen LogP) is 13.1. The molecule has 3 heterocycles. The van der Waals surface area contributed by atoms with E-state index >= 15 is 0 Å². The van der Waals surface area contributed by atoms with E-state index in [1.165, 1.54) is 66.7 Å². The van der Waals surface area contributed by atoms with Crippen LogP contribution in [0.3, 0.4) is 0 Å². The Morgan fingerprint density at radius 3 is 1.75 bits per heavy atom. The van der Waals surface area contributed by atoms with E-state index in [2.05, 4.69) is 210 Å². The second-order valence-corrected chi connectivity index (χ2v) is 14.7. The minimum atomic E-state index is -0.550. The van der Waals surface area contributed by atoms with E-state index in [1.54, 1.807) is 0 Å². The lowest BCUT2D eigenvalue weighted by atomic mass is 9.64. The van der Waals surface area contributed by atoms with Gasteiger partial charge in [0.25, 0.3) is 0 Å². The molecule has 0 fully saturated rings. The first-order valence-corrected chi connectivity index (χ1v) is 19.0. The van der Waals surface area contributed by atoms with Gasteiger partial charge in [-0.25, -0.2) is 4.98 Å². The predicted molar refractivity (Wildman–Crippen MR) is 227 cm³/mol. The molecule has 0 saturated heterocycles. The highest BCUT2D eigenvalue weighted by Gasteiger charge is 2.52. The summed E-state index contributed by atoms with van der Waals surface area (Å²) in [6.45, 7) is 0. The van der Waals surface area contributed by atoms with Crippen molar-refractivity contribution in [3.05, 3.63) is 222 Å². The number of hydrogen-bond acceptors (Lipinski definition) is 2. The second kappa shape index (κ2) is 11.4. The van der Waals surface area contributed by atoms with E-state index in [4.69, 9.17) is 4.98 Å². The van der Waals surface area contributed by atoms with Gasteiger partial charge < -0.3 is 4.90 Å². The lowest BCUT2D eigenvalue weighted by Gasteiger charge is -2.45. The number of rotatable bonds is 3. The van der Waals surface area contributed by atoms with Crippen molar-refractivity contribution in [3.8, 4) is 28.1 Å². The highest BCUT2D eigenvalue weighted by molar-refractivity contribution is 6.12. The third kappa shape index (κ3) is 4.07. The average Bonchev–Trinajstić information content (AvgIpc) is 3.73. The molecule has 1 aliphatic carbocycles. The SMILES string of the molecule is c1ccc(-c2cc(-n3c4ccccc4c4cc5c(cc43)C3(c4ccccc4-5)c4ccccc4N(c4ccccc4)c4ccccc43)nc3ccccc23)cc1. The van der Waals surface area contributed by atoms with Gasteiger partial charge in [0.1, 0.15) is 5.82 Å². The number of hydrogen-bond donors (Lipinski definition) is 0. The van der Waals surface area contributed by atoms with Gasteiger partial charge in [0.15, 0.2) is 0 Å². The summed E-state index contributed by atoms with van der Waals surface area (Å²) in [6.07, 6.45) is 0. The second-order valence-electron chi connectivity index (χ2n) is 14.7. The van der Waals surface area contributed by atoms with E-state index in [-0.39, 0.29) is 0 Å². The fraction of sp³-hybridized carbons (Fsp3) is 0.0192. The molecule has 2 aliphatic rings. The molecule has 0 unspecified atom stereocenters. The van der Waals surface area contributed by atoms with Crippen LogP contribution in [0, 0.1) is 0 Å². The van der Waals surface area contributed by atoms with Gasteiger partial charge in [0.2, 0.25) is 0 Å². The zero-order chi connectivity index (χ0) is 36.1. The fourth-order valence-corrected chi connectivity index (χ4v) is 9.80. The Hall–Kier alpha value is -7.23. The minimum absolute atomic E-state index is 0.550. The highest BCUT2D eigenvalue weighted by atomic mass is 15.2. The van der Waals surface area contributed by atoms with Crippen molar-refractivity contribution in [2.45, 2.75) is 5.41 Å². The lowest BCUT2D eigenvalue weighted by Crippen LogP contribution is -2.36. The molecule has 0 N–H and O–H groups in total. The van der Waals surface area contributed by atoms with Crippen molar-refractivity contribution >= 4 is 49.8 Å². The number of anilines is 3. The van der Waals surface area contributed by atoms with Crippen LogP contribution in [0.15, 0.2) is 200 Å². The normalized spacial score (nSPS) is 13.6. The number of pyridine rings is 1. The van der Waals surface area contributed by atoms with Gasteiger partial charge in [-0.2, -0.15) is 0 Å². The topological polar surface area (TPSA) is 21.1 Å². The maximum atomic E-state index is 5.41. The van der Waals surface area contributed by atoms with Crippen LogP contribution >= 0.6 is 0 Å². The number of aromatic nitrogens is 2. The quantitative estimate of drug-likeness (QED) is 0.183. The third-order valence-corrected chi connectivity index (χ3v) is 12.0. The Kier molecular flexibility index (Phi) is 6.26. The summed E-state index contributed by atoms with van der Waals surface area (Å²) in [5.41, 5.74) is 16.3. The molecular weight excluding hydrogens is 667 g/mol. The maximum absolute atomic E-state index is 5.41. The average molecular weight is 700 g/mol. The molecule has 0 radical (unpaired) electrons. The van der Waals surface area contributed by atoms with Crippen molar-refractivity contribution in [1.29, 1.82) is 0 Å². The van der Waals surface area contributed by atoms with Crippen molar-refractivity contribution in [1.82, 2.24) is 9.55 Å². The van der Waals surface area contributed by atoms with Gasteiger partial charge in [-0.3, -0.25) is 4.57 Å². The molecule has 256 valence electrons. The smallest absolute Gasteiger partial charge is 0.138 e. The summed E-state index contributed by atoms with van der Waals surface area (Å²) in [7, 11) is 0. The van der Waals surface area contributed by atoms with Crippen molar-refractivity contribution in [3.63, 3.8) is 0 Å². The summed E-state index contributed by atoms with van der Waals surface area (Å²) in [5, 5.41) is 3.59. The molecule has 55 heavy (non-hydrogen) atoms. The zero-order valence-electron chi connectivity index (χ0n) is 29.9. The Morgan fingerprint density at radius 2 is 0.982 bits per heavy atom. The van der Waals surface area contributed by atoms with Crippen LogP contribution in [-0.2, 0) is 5.41 Å². The Morgan fingerprint density at radius 1 is 0.382 bits per heavy atom. The molecule has 12 rings (SSSR count). The van der Waals surface area contributed by atoms with Gasteiger partial charge in [0.05, 0.1) is 33.3 Å². The Bertz CT molecular complexity index is 3110. The van der Waals surface area contributed by atoms with Gasteiger partial charge >= 0.3 is 0 Å². The molecule has 8 aromatic carbocycles. The number of fused-ring (bicyclic) bond motifs is 13. The van der Waals surface area contributed by atoms with Gasteiger partial charge in [-0.15, -0.1) is 0 Å². The summed E-state index contributed by atoms with van der Waals surface area (Å²) >= 11 is 0. The van der Waals surface area contributed by atoms with Crippen LogP contribution in [0.4, 0.5) is 17.1 Å². The van der Waals surface area contributed by atoms with E-state index in [0.717, 1.165) is 33.4 Å². The molecule has 1 spiro atoms. The first-order chi connectivity index (χ1) is 27.3. The summed E-state index contributed by atoms with van der Waals surface area (Å²) in [6, 6.07) is 73.2. The van der Waals surface area contributed by atoms with Crippen molar-refractivity contribution in [2.75, 3.05) is 4.90 Å². The molecule has 1 aliphatic heterocycles. The molecular formula is C52H33N3. The van der Waals surface area contributed by atoms with E-state index < -0.39 is 5.41 Å². The standard InChI is InChI=1S/C52H33N3/c1-3-17-34(18-4-1)39-32-51(53-46-27-13-8-22-37(39)46)55-47-28-14-9-23-38(47)41-31-40-36-21-7-10-24-42(36)52(45(40)33-50(41)55)43-25-11-15-29-48(43)54(35-19-5-2-6-20-35)49-30-16-12-26-44(49)52/h1-33H. The van der Waals surface area contributed by atoms with Crippen LogP contribution in [0.25, 0.3) is 60.8 Å². The molecule has 2 aromatic heterocycles. The summed E-state index contributed by atoms with van der Waals surface area (Å²) in [4.78, 5) is 7.85. The van der Waals surface area contributed by atoms with Crippen LogP contribution < -0.4 is 4.90 Å². The number of benzene rings is 8. The highest BCUT2D eigenvalue weighted by Crippen LogP contribution is 2.64. The maximum Gasteiger partial charge on any atom is 0.138 e. The third-order valence-electron chi connectivity index (χ3n) is 12.0. The number of nitrogens with zero attached hydrogens (tertiary/aromatic N) is 3. The number of para-hydroxylation sites is 5. The van der Waals surface area contributed by atoms with Crippen molar-refractivity contribution < 1.29 is 0 Å². The largest absolute Gasteiger partial charge is 0.310 e. The molecule has 0 bridgehead atoms. The molecule has 0 saturated carbocycles. The van der Waals surface area contributed by atoms with Crippen LogP contribution in [0.1, 0.15) is 22.3 Å².